The van der Waals surface area contributed by atoms with Crippen LogP contribution < -0.4 is 5.73 Å². The molecule has 2 rings (SSSR count). The van der Waals surface area contributed by atoms with Crippen LogP contribution in [0.3, 0.4) is 0 Å². The van der Waals surface area contributed by atoms with Crippen LogP contribution in [0.2, 0.25) is 0 Å². The van der Waals surface area contributed by atoms with E-state index in [1.807, 2.05) is 27.0 Å². The molecule has 0 aliphatic heterocycles. The molecule has 8 nitrogen and oxygen atoms in total. The van der Waals surface area contributed by atoms with Crippen molar-refractivity contribution in [1.29, 1.82) is 0 Å². The minimum absolute atomic E-state index is 0.0469. The number of methoxy groups -OCH3 is 1. The van der Waals surface area contributed by atoms with Crippen LogP contribution in [0.1, 0.15) is 47.0 Å². The van der Waals surface area contributed by atoms with Gasteiger partial charge in [-0.1, -0.05) is 11.8 Å². The standard InChI is InChI=1S/C18H27N5O3S/c1-11-8-14(13(3)23(11)12(2)9-26-5)15(24)10-27-18-21-20-17(22(18)4)7-6-16(19)25/h8,12H,6-7,9-10H2,1-5H3,(H2,19,25)/t12-/m1/s1. The van der Waals surface area contributed by atoms with E-state index in [4.69, 9.17) is 10.5 Å². The third kappa shape index (κ3) is 4.98. The highest BCUT2D eigenvalue weighted by Gasteiger charge is 2.20. The molecule has 0 fully saturated rings. The van der Waals surface area contributed by atoms with Gasteiger partial charge in [-0.05, 0) is 26.8 Å². The molecular weight excluding hydrogens is 366 g/mol. The van der Waals surface area contributed by atoms with Gasteiger partial charge in [-0.25, -0.2) is 0 Å². The van der Waals surface area contributed by atoms with Gasteiger partial charge in [0.15, 0.2) is 10.9 Å². The highest BCUT2D eigenvalue weighted by molar-refractivity contribution is 7.99. The van der Waals surface area contributed by atoms with E-state index < -0.39 is 0 Å². The lowest BCUT2D eigenvalue weighted by atomic mass is 10.2. The van der Waals surface area contributed by atoms with Gasteiger partial charge in [-0.2, -0.15) is 0 Å². The first kappa shape index (κ1) is 21.2. The topological polar surface area (TPSA) is 105 Å². The average molecular weight is 394 g/mol. The van der Waals surface area contributed by atoms with Crippen molar-refractivity contribution >= 4 is 23.5 Å². The number of amides is 1. The summed E-state index contributed by atoms with van der Waals surface area (Å²) in [5, 5.41) is 8.82. The number of ether oxygens (including phenoxy) is 1. The molecular formula is C18H27N5O3S. The summed E-state index contributed by atoms with van der Waals surface area (Å²) in [6.45, 7) is 6.61. The quantitative estimate of drug-likeness (QED) is 0.488. The second-order valence-corrected chi connectivity index (χ2v) is 7.54. The zero-order valence-electron chi connectivity index (χ0n) is 16.5. The lowest BCUT2D eigenvalue weighted by molar-refractivity contribution is -0.118. The highest BCUT2D eigenvalue weighted by atomic mass is 32.2. The van der Waals surface area contributed by atoms with E-state index in [1.165, 1.54) is 11.8 Å². The number of ketones is 1. The molecule has 27 heavy (non-hydrogen) atoms. The number of rotatable bonds is 10. The Morgan fingerprint density at radius 2 is 2.04 bits per heavy atom. The summed E-state index contributed by atoms with van der Waals surface area (Å²) >= 11 is 1.34. The molecule has 2 N–H and O–H groups in total. The fraction of sp³-hybridized carbons (Fsp3) is 0.556. The molecule has 9 heteroatoms. The monoisotopic (exact) mass is 393 g/mol. The van der Waals surface area contributed by atoms with Gasteiger partial charge < -0.3 is 19.6 Å². The first-order valence-electron chi connectivity index (χ1n) is 8.76. The molecule has 0 bridgehead atoms. The summed E-state index contributed by atoms with van der Waals surface area (Å²) in [5.74, 6) is 0.617. The minimum atomic E-state index is -0.375. The van der Waals surface area contributed by atoms with E-state index in [2.05, 4.69) is 21.7 Å². The van der Waals surface area contributed by atoms with Gasteiger partial charge in [0.1, 0.15) is 5.82 Å². The van der Waals surface area contributed by atoms with Gasteiger partial charge >= 0.3 is 0 Å². The SMILES string of the molecule is COC[C@@H](C)n1c(C)cc(C(=O)CSc2nnc(CCC(N)=O)n2C)c1C. The average Bonchev–Trinajstić information content (AvgIpc) is 3.10. The number of carbonyl (C=O) groups excluding carboxylic acids is 2. The Hall–Kier alpha value is -2.13. The first-order valence-corrected chi connectivity index (χ1v) is 9.74. The maximum absolute atomic E-state index is 12.7. The molecule has 148 valence electrons. The normalized spacial score (nSPS) is 12.3. The molecule has 0 aliphatic rings. The van der Waals surface area contributed by atoms with Crippen LogP contribution in [0, 0.1) is 13.8 Å². The molecule has 0 spiro atoms. The van der Waals surface area contributed by atoms with Crippen molar-refractivity contribution in [3.05, 3.63) is 28.8 Å². The van der Waals surface area contributed by atoms with Crippen molar-refractivity contribution in [2.45, 2.75) is 44.8 Å². The van der Waals surface area contributed by atoms with Crippen LogP contribution in [-0.2, 0) is 23.0 Å². The number of nitrogens with two attached hydrogens (primary N) is 1. The molecule has 1 atom stereocenters. The summed E-state index contributed by atoms with van der Waals surface area (Å²) in [7, 11) is 3.49. The maximum atomic E-state index is 12.7. The molecule has 0 radical (unpaired) electrons. The number of aromatic nitrogens is 4. The van der Waals surface area contributed by atoms with E-state index >= 15 is 0 Å². The Labute approximate surface area is 163 Å². The van der Waals surface area contributed by atoms with Gasteiger partial charge in [0, 0.05) is 44.0 Å². The molecule has 1 amide bonds. The number of primary amides is 1. The van der Waals surface area contributed by atoms with E-state index in [0.717, 1.165) is 17.0 Å². The number of aryl methyl sites for hydroxylation is 2. The van der Waals surface area contributed by atoms with Gasteiger partial charge in [0.25, 0.3) is 0 Å². The van der Waals surface area contributed by atoms with Gasteiger partial charge in [-0.15, -0.1) is 10.2 Å². The molecule has 0 saturated heterocycles. The number of carbonyl (C=O) groups is 2. The van der Waals surface area contributed by atoms with Gasteiger partial charge in [0.2, 0.25) is 5.91 Å². The number of Topliss-reactive ketones (excluding diaryl/α,β-unsaturated/α-hetero) is 1. The van der Waals surface area contributed by atoms with Crippen molar-refractivity contribution in [2.24, 2.45) is 12.8 Å². The Morgan fingerprint density at radius 1 is 1.33 bits per heavy atom. The molecule has 0 saturated carbocycles. The van der Waals surface area contributed by atoms with E-state index in [0.29, 0.717) is 24.0 Å². The van der Waals surface area contributed by atoms with Crippen molar-refractivity contribution in [3.8, 4) is 0 Å². The fourth-order valence-corrected chi connectivity index (χ4v) is 4.00. The van der Waals surface area contributed by atoms with Crippen molar-refractivity contribution in [3.63, 3.8) is 0 Å². The fourth-order valence-electron chi connectivity index (χ4n) is 3.18. The Balaban J connectivity index is 2.06. The van der Waals surface area contributed by atoms with Gasteiger partial charge in [-0.3, -0.25) is 9.59 Å². The molecule has 0 aliphatic carbocycles. The summed E-state index contributed by atoms with van der Waals surface area (Å²) in [6, 6.07) is 2.09. The van der Waals surface area contributed by atoms with Crippen LogP contribution in [0.25, 0.3) is 0 Å². The number of hydrogen-bond donors (Lipinski definition) is 1. The van der Waals surface area contributed by atoms with Crippen molar-refractivity contribution in [2.75, 3.05) is 19.5 Å². The molecule has 0 aromatic carbocycles. The number of thioether (sulfide) groups is 1. The van der Waals surface area contributed by atoms with Crippen molar-refractivity contribution < 1.29 is 14.3 Å². The second-order valence-electron chi connectivity index (χ2n) is 6.60. The van der Waals surface area contributed by atoms with Crippen molar-refractivity contribution in [1.82, 2.24) is 19.3 Å². The smallest absolute Gasteiger partial charge is 0.217 e. The molecule has 2 aromatic rings. The molecule has 0 unspecified atom stereocenters. The first-order chi connectivity index (χ1) is 12.8. The van der Waals surface area contributed by atoms with Crippen LogP contribution in [-0.4, -0.2) is 50.5 Å². The lowest BCUT2D eigenvalue weighted by Crippen LogP contribution is -2.15. The zero-order valence-corrected chi connectivity index (χ0v) is 17.3. The number of hydrogen-bond acceptors (Lipinski definition) is 6. The summed E-state index contributed by atoms with van der Waals surface area (Å²) < 4.78 is 9.16. The second kappa shape index (κ2) is 9.18. The molecule has 2 aromatic heterocycles. The van der Waals surface area contributed by atoms with Crippen LogP contribution >= 0.6 is 11.8 Å². The predicted octanol–water partition coefficient (Wildman–Crippen LogP) is 1.83. The highest BCUT2D eigenvalue weighted by Crippen LogP contribution is 2.24. The zero-order chi connectivity index (χ0) is 20.1. The largest absolute Gasteiger partial charge is 0.383 e. The third-order valence-electron chi connectivity index (χ3n) is 4.49. The predicted molar refractivity (Wildman–Crippen MR) is 104 cm³/mol. The Morgan fingerprint density at radius 3 is 2.67 bits per heavy atom. The summed E-state index contributed by atoms with van der Waals surface area (Å²) in [5.41, 5.74) is 7.88. The lowest BCUT2D eigenvalue weighted by Gasteiger charge is -2.17. The van der Waals surface area contributed by atoms with Crippen LogP contribution in [0.4, 0.5) is 0 Å². The maximum Gasteiger partial charge on any atom is 0.217 e. The Kier molecular flexibility index (Phi) is 7.20. The van der Waals surface area contributed by atoms with E-state index in [1.54, 1.807) is 11.7 Å². The summed E-state index contributed by atoms with van der Waals surface area (Å²) in [6.07, 6.45) is 0.660. The minimum Gasteiger partial charge on any atom is -0.383 e. The summed E-state index contributed by atoms with van der Waals surface area (Å²) in [4.78, 5) is 23.7. The van der Waals surface area contributed by atoms with Gasteiger partial charge in [0.05, 0.1) is 18.4 Å². The Bertz CT molecular complexity index is 827. The number of nitrogens with zero attached hydrogens (tertiary/aromatic N) is 4. The van der Waals surface area contributed by atoms with Crippen LogP contribution in [0.15, 0.2) is 11.2 Å². The van der Waals surface area contributed by atoms with Crippen LogP contribution in [0.5, 0.6) is 0 Å². The third-order valence-corrected chi connectivity index (χ3v) is 5.51. The van der Waals surface area contributed by atoms with E-state index in [9.17, 15) is 9.59 Å². The molecule has 2 heterocycles. The van der Waals surface area contributed by atoms with E-state index in [-0.39, 0.29) is 29.9 Å².